The highest BCUT2D eigenvalue weighted by molar-refractivity contribution is 5.39. The molecule has 2 rings (SSSR count). The number of hydrogen-bond acceptors (Lipinski definition) is 4. The highest BCUT2D eigenvalue weighted by atomic mass is 16.5. The fraction of sp³-hybridized carbons (Fsp3) is 0.529. The van der Waals surface area contributed by atoms with Gasteiger partial charge in [-0.3, -0.25) is 0 Å². The Labute approximate surface area is 131 Å². The maximum absolute atomic E-state index is 9.44. The lowest BCUT2D eigenvalue weighted by Crippen LogP contribution is -2.10. The molecule has 1 aromatic carbocycles. The van der Waals surface area contributed by atoms with Crippen molar-refractivity contribution >= 4 is 0 Å². The molecule has 1 aromatic heterocycles. The van der Waals surface area contributed by atoms with Gasteiger partial charge in [0.25, 0.3) is 0 Å². The lowest BCUT2D eigenvalue weighted by Gasteiger charge is -2.13. The van der Waals surface area contributed by atoms with Crippen molar-refractivity contribution in [1.82, 2.24) is 15.0 Å². The summed E-state index contributed by atoms with van der Waals surface area (Å²) >= 11 is 0. The minimum Gasteiger partial charge on any atom is -0.487 e. The molecule has 5 nitrogen and oxygen atoms in total. The molecule has 0 saturated heterocycles. The zero-order valence-corrected chi connectivity index (χ0v) is 13.7. The molecule has 22 heavy (non-hydrogen) atoms. The third-order valence-corrected chi connectivity index (χ3v) is 3.80. The van der Waals surface area contributed by atoms with Crippen LogP contribution in [0.4, 0.5) is 0 Å². The van der Waals surface area contributed by atoms with Gasteiger partial charge in [-0.25, -0.2) is 4.68 Å². The van der Waals surface area contributed by atoms with E-state index in [4.69, 9.17) is 4.74 Å². The monoisotopic (exact) mass is 303 g/mol. The van der Waals surface area contributed by atoms with Crippen LogP contribution in [0.5, 0.6) is 5.75 Å². The molecule has 1 heterocycles. The summed E-state index contributed by atoms with van der Waals surface area (Å²) in [7, 11) is 0. The number of aryl methyl sites for hydroxylation is 3. The van der Waals surface area contributed by atoms with Gasteiger partial charge in [0.2, 0.25) is 0 Å². The van der Waals surface area contributed by atoms with Crippen molar-refractivity contribution in [3.05, 3.63) is 40.7 Å². The number of aliphatic hydroxyl groups is 1. The van der Waals surface area contributed by atoms with Crippen LogP contribution < -0.4 is 4.74 Å². The fourth-order valence-electron chi connectivity index (χ4n) is 2.51. The van der Waals surface area contributed by atoms with E-state index in [0.717, 1.165) is 48.4 Å². The highest BCUT2D eigenvalue weighted by Crippen LogP contribution is 2.24. The average Bonchev–Trinajstić information content (AvgIpc) is 2.89. The number of aliphatic hydroxyl groups excluding tert-OH is 1. The van der Waals surface area contributed by atoms with Crippen LogP contribution in [0.3, 0.4) is 0 Å². The topological polar surface area (TPSA) is 60.2 Å². The Balaban J connectivity index is 2.12. The van der Waals surface area contributed by atoms with Gasteiger partial charge in [0.1, 0.15) is 23.7 Å². The first-order chi connectivity index (χ1) is 10.7. The molecule has 0 spiro atoms. The second kappa shape index (κ2) is 7.94. The quantitative estimate of drug-likeness (QED) is 0.761. The van der Waals surface area contributed by atoms with E-state index in [-0.39, 0.29) is 6.61 Å². The number of benzene rings is 1. The lowest BCUT2D eigenvalue weighted by molar-refractivity contribution is 0.260. The van der Waals surface area contributed by atoms with E-state index in [2.05, 4.69) is 17.2 Å². The lowest BCUT2D eigenvalue weighted by atomic mass is 10.1. The number of rotatable bonds is 8. The van der Waals surface area contributed by atoms with Gasteiger partial charge in [0.15, 0.2) is 0 Å². The molecule has 0 bridgehead atoms. The number of para-hydroxylation sites is 1. The van der Waals surface area contributed by atoms with E-state index >= 15 is 0 Å². The molecule has 0 aliphatic carbocycles. The van der Waals surface area contributed by atoms with Gasteiger partial charge in [-0.05, 0) is 31.4 Å². The van der Waals surface area contributed by atoms with E-state index in [1.165, 1.54) is 0 Å². The van der Waals surface area contributed by atoms with Gasteiger partial charge in [0, 0.05) is 6.54 Å². The van der Waals surface area contributed by atoms with Crippen LogP contribution in [0, 0.1) is 13.8 Å². The van der Waals surface area contributed by atoms with Crippen molar-refractivity contribution in [2.45, 2.75) is 59.8 Å². The molecule has 0 atom stereocenters. The number of unbranched alkanes of at least 4 members (excludes halogenated alkanes) is 2. The number of aromatic nitrogens is 3. The van der Waals surface area contributed by atoms with Gasteiger partial charge < -0.3 is 9.84 Å². The summed E-state index contributed by atoms with van der Waals surface area (Å²) in [5.74, 6) is 0.896. The van der Waals surface area contributed by atoms with Gasteiger partial charge in [-0.2, -0.15) is 0 Å². The Bertz CT molecular complexity index is 588. The number of ether oxygens (including phenoxy) is 1. The summed E-state index contributed by atoms with van der Waals surface area (Å²) in [6, 6.07) is 6.09. The van der Waals surface area contributed by atoms with Crippen LogP contribution in [-0.4, -0.2) is 20.1 Å². The first-order valence-electron chi connectivity index (χ1n) is 7.88. The smallest absolute Gasteiger partial charge is 0.132 e. The zero-order valence-electron chi connectivity index (χ0n) is 13.7. The second-order valence-corrected chi connectivity index (χ2v) is 5.58. The number of hydrogen-bond donors (Lipinski definition) is 1. The van der Waals surface area contributed by atoms with Gasteiger partial charge >= 0.3 is 0 Å². The Kier molecular flexibility index (Phi) is 5.95. The summed E-state index contributed by atoms with van der Waals surface area (Å²) in [4.78, 5) is 0. The van der Waals surface area contributed by atoms with Crippen LogP contribution in [0.1, 0.15) is 48.7 Å². The Morgan fingerprint density at radius 3 is 2.55 bits per heavy atom. The van der Waals surface area contributed by atoms with Crippen LogP contribution in [0.25, 0.3) is 0 Å². The molecule has 0 saturated carbocycles. The second-order valence-electron chi connectivity index (χ2n) is 5.58. The third kappa shape index (κ3) is 3.85. The SMILES string of the molecule is CCCCCn1nnc(CO)c1COc1c(C)cccc1C. The number of nitrogens with zero attached hydrogens (tertiary/aromatic N) is 3. The van der Waals surface area contributed by atoms with Crippen molar-refractivity contribution in [1.29, 1.82) is 0 Å². The minimum atomic E-state index is -0.112. The predicted octanol–water partition coefficient (Wildman–Crippen LogP) is 3.16. The summed E-state index contributed by atoms with van der Waals surface area (Å²) in [5.41, 5.74) is 3.68. The molecule has 0 aliphatic heterocycles. The summed E-state index contributed by atoms with van der Waals surface area (Å²) in [6.45, 7) is 7.32. The first-order valence-corrected chi connectivity index (χ1v) is 7.88. The van der Waals surface area contributed by atoms with Gasteiger partial charge in [-0.1, -0.05) is 43.2 Å². The molecule has 0 fully saturated rings. The standard InChI is InChI=1S/C17H25N3O2/c1-4-5-6-10-20-16(15(11-21)18-19-20)12-22-17-13(2)8-7-9-14(17)3/h7-9,21H,4-6,10-12H2,1-3H3. The largest absolute Gasteiger partial charge is 0.487 e. The van der Waals surface area contributed by atoms with Crippen molar-refractivity contribution in [2.75, 3.05) is 0 Å². The van der Waals surface area contributed by atoms with Crippen LogP contribution in [0.2, 0.25) is 0 Å². The molecule has 0 aliphatic rings. The van der Waals surface area contributed by atoms with E-state index in [0.29, 0.717) is 12.3 Å². The zero-order chi connectivity index (χ0) is 15.9. The molecule has 0 unspecified atom stereocenters. The molecule has 1 N–H and O–H groups in total. The highest BCUT2D eigenvalue weighted by Gasteiger charge is 2.14. The average molecular weight is 303 g/mol. The van der Waals surface area contributed by atoms with Crippen molar-refractivity contribution in [3.8, 4) is 5.75 Å². The minimum absolute atomic E-state index is 0.112. The van der Waals surface area contributed by atoms with E-state index in [1.807, 2.05) is 36.7 Å². The molecule has 2 aromatic rings. The summed E-state index contributed by atoms with van der Waals surface area (Å²) < 4.78 is 7.85. The molecule has 5 heteroatoms. The maximum atomic E-state index is 9.44. The molecular weight excluding hydrogens is 278 g/mol. The molecule has 0 amide bonds. The maximum Gasteiger partial charge on any atom is 0.132 e. The Morgan fingerprint density at radius 2 is 1.91 bits per heavy atom. The van der Waals surface area contributed by atoms with E-state index in [1.54, 1.807) is 0 Å². The normalized spacial score (nSPS) is 10.9. The van der Waals surface area contributed by atoms with Crippen molar-refractivity contribution in [3.63, 3.8) is 0 Å². The Hall–Kier alpha value is -1.88. The third-order valence-electron chi connectivity index (χ3n) is 3.80. The Morgan fingerprint density at radius 1 is 1.18 bits per heavy atom. The van der Waals surface area contributed by atoms with E-state index < -0.39 is 0 Å². The summed E-state index contributed by atoms with van der Waals surface area (Å²) in [5, 5.41) is 17.6. The van der Waals surface area contributed by atoms with Crippen molar-refractivity contribution < 1.29 is 9.84 Å². The van der Waals surface area contributed by atoms with Gasteiger partial charge in [-0.15, -0.1) is 5.10 Å². The first kappa shape index (κ1) is 16.5. The van der Waals surface area contributed by atoms with Crippen LogP contribution in [0.15, 0.2) is 18.2 Å². The predicted molar refractivity (Wildman–Crippen MR) is 85.7 cm³/mol. The van der Waals surface area contributed by atoms with Gasteiger partial charge in [0.05, 0.1) is 6.61 Å². The van der Waals surface area contributed by atoms with Crippen molar-refractivity contribution in [2.24, 2.45) is 0 Å². The molecule has 0 radical (unpaired) electrons. The fourth-order valence-corrected chi connectivity index (χ4v) is 2.51. The molecule has 120 valence electrons. The van der Waals surface area contributed by atoms with E-state index in [9.17, 15) is 5.11 Å². The van der Waals surface area contributed by atoms with Crippen LogP contribution in [-0.2, 0) is 19.8 Å². The molecular formula is C17H25N3O2. The summed E-state index contributed by atoms with van der Waals surface area (Å²) in [6.07, 6.45) is 3.38. The van der Waals surface area contributed by atoms with Crippen LogP contribution >= 0.6 is 0 Å².